The first kappa shape index (κ1) is 21.5. The van der Waals surface area contributed by atoms with Crippen LogP contribution in [0, 0.1) is 0 Å². The van der Waals surface area contributed by atoms with Gasteiger partial charge in [0.1, 0.15) is 6.54 Å². The molecule has 7 nitrogen and oxygen atoms in total. The highest BCUT2D eigenvalue weighted by Crippen LogP contribution is 2.16. The topological polar surface area (TPSA) is 65.8 Å². The maximum Gasteiger partial charge on any atom is 0.246 e. The molecule has 1 amide bonds. The van der Waals surface area contributed by atoms with E-state index in [4.69, 9.17) is 11.6 Å². The molecule has 0 radical (unpaired) electrons. The number of benzene rings is 1. The van der Waals surface area contributed by atoms with Gasteiger partial charge in [-0.1, -0.05) is 23.7 Å². The van der Waals surface area contributed by atoms with Crippen molar-refractivity contribution in [3.05, 3.63) is 47.2 Å². The molecule has 0 unspecified atom stereocenters. The van der Waals surface area contributed by atoms with Gasteiger partial charge >= 0.3 is 0 Å². The molecule has 0 spiro atoms. The Kier molecular flexibility index (Phi) is 7.91. The SMILES string of the molecule is CCNC(=NCc1ccc(Cl)cc1)N1CCN(c2cnn(C)c2)C(=O)C1.I. The van der Waals surface area contributed by atoms with Crippen LogP contribution < -0.4 is 10.2 Å². The van der Waals surface area contributed by atoms with E-state index in [-0.39, 0.29) is 29.9 Å². The largest absolute Gasteiger partial charge is 0.356 e. The molecule has 9 heteroatoms. The van der Waals surface area contributed by atoms with Crippen LogP contribution in [-0.2, 0) is 18.4 Å². The number of amides is 1. The monoisotopic (exact) mass is 502 g/mol. The molecule has 146 valence electrons. The molecule has 0 atom stereocenters. The third-order valence-corrected chi connectivity index (χ3v) is 4.43. The molecule has 1 aromatic carbocycles. The normalized spacial score (nSPS) is 14.9. The first-order valence-electron chi connectivity index (χ1n) is 8.63. The minimum absolute atomic E-state index is 0. The molecule has 1 aliphatic rings. The molecule has 1 aromatic heterocycles. The van der Waals surface area contributed by atoms with Gasteiger partial charge in [-0.15, -0.1) is 24.0 Å². The van der Waals surface area contributed by atoms with E-state index < -0.39 is 0 Å². The number of aryl methyl sites for hydroxylation is 1. The van der Waals surface area contributed by atoms with Crippen LogP contribution >= 0.6 is 35.6 Å². The molecule has 0 aliphatic carbocycles. The summed E-state index contributed by atoms with van der Waals surface area (Å²) in [6.07, 6.45) is 3.57. The Morgan fingerprint density at radius 1 is 1.30 bits per heavy atom. The Balaban J connectivity index is 0.00000261. The number of nitrogens with one attached hydrogen (secondary N) is 1. The average molecular weight is 503 g/mol. The van der Waals surface area contributed by atoms with E-state index in [9.17, 15) is 4.79 Å². The molecular formula is C18H24ClIN6O. The van der Waals surface area contributed by atoms with Crippen LogP contribution in [0.1, 0.15) is 12.5 Å². The third-order valence-electron chi connectivity index (χ3n) is 4.18. The molecule has 27 heavy (non-hydrogen) atoms. The number of guanidine groups is 1. The van der Waals surface area contributed by atoms with Gasteiger partial charge in [-0.3, -0.25) is 9.48 Å². The summed E-state index contributed by atoms with van der Waals surface area (Å²) in [6, 6.07) is 7.63. The number of rotatable bonds is 4. The van der Waals surface area contributed by atoms with Crippen molar-refractivity contribution in [2.75, 3.05) is 31.1 Å². The van der Waals surface area contributed by atoms with Crippen LogP contribution in [0.5, 0.6) is 0 Å². The van der Waals surface area contributed by atoms with Crippen molar-refractivity contribution < 1.29 is 4.79 Å². The molecule has 0 bridgehead atoms. The van der Waals surface area contributed by atoms with Crippen molar-refractivity contribution in [3.8, 4) is 0 Å². The van der Waals surface area contributed by atoms with Gasteiger partial charge in [-0.2, -0.15) is 5.10 Å². The molecule has 1 aliphatic heterocycles. The Morgan fingerprint density at radius 3 is 2.63 bits per heavy atom. The van der Waals surface area contributed by atoms with E-state index in [0.717, 1.165) is 23.8 Å². The Hall–Kier alpha value is -1.81. The summed E-state index contributed by atoms with van der Waals surface area (Å²) in [4.78, 5) is 21.0. The number of halogens is 2. The van der Waals surface area contributed by atoms with Gasteiger partial charge in [0.05, 0.1) is 18.4 Å². The number of carbonyl (C=O) groups is 1. The average Bonchev–Trinajstić information content (AvgIpc) is 3.06. The lowest BCUT2D eigenvalue weighted by molar-refractivity contribution is -0.120. The van der Waals surface area contributed by atoms with Crippen molar-refractivity contribution in [2.24, 2.45) is 12.0 Å². The van der Waals surface area contributed by atoms with Crippen LogP contribution in [0.15, 0.2) is 41.7 Å². The lowest BCUT2D eigenvalue weighted by Crippen LogP contribution is -2.55. The molecule has 1 fully saturated rings. The maximum absolute atomic E-state index is 12.6. The van der Waals surface area contributed by atoms with E-state index >= 15 is 0 Å². The van der Waals surface area contributed by atoms with Crippen molar-refractivity contribution in [1.29, 1.82) is 0 Å². The number of hydrogen-bond acceptors (Lipinski definition) is 3. The fourth-order valence-corrected chi connectivity index (χ4v) is 2.98. The standard InChI is InChI=1S/C18H23ClN6O.HI/c1-3-20-18(21-10-14-4-6-15(19)7-5-14)24-8-9-25(17(26)13-24)16-11-22-23(2)12-16;/h4-7,11-12H,3,8-10,13H2,1-2H3,(H,20,21);1H. The smallest absolute Gasteiger partial charge is 0.246 e. The number of piperazine rings is 1. The molecule has 3 rings (SSSR count). The van der Waals surface area contributed by atoms with Crippen LogP contribution in [0.2, 0.25) is 5.02 Å². The second kappa shape index (κ2) is 9.93. The summed E-state index contributed by atoms with van der Waals surface area (Å²) < 4.78 is 1.70. The predicted molar refractivity (Wildman–Crippen MR) is 119 cm³/mol. The number of aromatic nitrogens is 2. The summed E-state index contributed by atoms with van der Waals surface area (Å²) in [6.45, 7) is 4.92. The first-order valence-corrected chi connectivity index (χ1v) is 9.01. The molecule has 1 saturated heterocycles. The van der Waals surface area contributed by atoms with E-state index in [1.54, 1.807) is 15.8 Å². The Morgan fingerprint density at radius 2 is 2.04 bits per heavy atom. The van der Waals surface area contributed by atoms with Gasteiger partial charge in [-0.25, -0.2) is 4.99 Å². The molecule has 2 heterocycles. The molecule has 2 aromatic rings. The molecule has 0 saturated carbocycles. The number of nitrogens with zero attached hydrogens (tertiary/aromatic N) is 5. The van der Waals surface area contributed by atoms with E-state index in [1.807, 2.05) is 49.3 Å². The lowest BCUT2D eigenvalue weighted by Gasteiger charge is -2.35. The van der Waals surface area contributed by atoms with Gasteiger partial charge in [0.15, 0.2) is 5.96 Å². The third kappa shape index (κ3) is 5.58. The van der Waals surface area contributed by atoms with Crippen molar-refractivity contribution in [1.82, 2.24) is 20.0 Å². The first-order chi connectivity index (χ1) is 12.6. The van der Waals surface area contributed by atoms with Gasteiger partial charge < -0.3 is 15.1 Å². The summed E-state index contributed by atoms with van der Waals surface area (Å²) >= 11 is 5.92. The second-order valence-electron chi connectivity index (χ2n) is 6.14. The van der Waals surface area contributed by atoms with Gasteiger partial charge in [0, 0.05) is 37.9 Å². The zero-order valence-corrected chi connectivity index (χ0v) is 18.5. The molecule has 1 N–H and O–H groups in total. The number of aliphatic imine (C=N–C) groups is 1. The minimum Gasteiger partial charge on any atom is -0.356 e. The Labute approximate surface area is 181 Å². The van der Waals surface area contributed by atoms with Crippen LogP contribution in [0.4, 0.5) is 5.69 Å². The summed E-state index contributed by atoms with van der Waals surface area (Å²) in [7, 11) is 1.84. The zero-order valence-electron chi connectivity index (χ0n) is 15.4. The maximum atomic E-state index is 12.6. The van der Waals surface area contributed by atoms with Crippen molar-refractivity contribution in [2.45, 2.75) is 13.5 Å². The van der Waals surface area contributed by atoms with Crippen LogP contribution in [0.3, 0.4) is 0 Å². The van der Waals surface area contributed by atoms with Crippen molar-refractivity contribution >= 4 is 53.1 Å². The highest BCUT2D eigenvalue weighted by atomic mass is 127. The van der Waals surface area contributed by atoms with Gasteiger partial charge in [-0.05, 0) is 24.6 Å². The molecular weight excluding hydrogens is 479 g/mol. The fourth-order valence-electron chi connectivity index (χ4n) is 2.86. The van der Waals surface area contributed by atoms with Crippen LogP contribution in [0.25, 0.3) is 0 Å². The number of anilines is 1. The van der Waals surface area contributed by atoms with Crippen molar-refractivity contribution in [3.63, 3.8) is 0 Å². The fraction of sp³-hybridized carbons (Fsp3) is 0.389. The summed E-state index contributed by atoms with van der Waals surface area (Å²) in [5.41, 5.74) is 1.91. The zero-order chi connectivity index (χ0) is 18.5. The van der Waals surface area contributed by atoms with Gasteiger partial charge in [0.2, 0.25) is 5.91 Å². The van der Waals surface area contributed by atoms with E-state index in [0.29, 0.717) is 31.2 Å². The highest BCUT2D eigenvalue weighted by Gasteiger charge is 2.27. The quantitative estimate of drug-likeness (QED) is 0.396. The number of carbonyl (C=O) groups excluding carboxylic acids is 1. The summed E-state index contributed by atoms with van der Waals surface area (Å²) in [5, 5.41) is 8.13. The predicted octanol–water partition coefficient (Wildman–Crippen LogP) is 2.51. The van der Waals surface area contributed by atoms with Crippen LogP contribution in [-0.4, -0.2) is 52.7 Å². The minimum atomic E-state index is 0. The van der Waals surface area contributed by atoms with E-state index in [2.05, 4.69) is 15.4 Å². The van der Waals surface area contributed by atoms with E-state index in [1.165, 1.54) is 0 Å². The second-order valence-corrected chi connectivity index (χ2v) is 6.57. The highest BCUT2D eigenvalue weighted by molar-refractivity contribution is 14.0. The Bertz CT molecular complexity index is 791. The summed E-state index contributed by atoms with van der Waals surface area (Å²) in [5.74, 6) is 0.794. The number of hydrogen-bond donors (Lipinski definition) is 1. The lowest BCUT2D eigenvalue weighted by atomic mass is 10.2. The van der Waals surface area contributed by atoms with Gasteiger partial charge in [0.25, 0.3) is 0 Å².